The Bertz CT molecular complexity index is 609. The zero-order chi connectivity index (χ0) is 23.7. The maximum atomic E-state index is 12.5. The molecule has 2 aliphatic heterocycles. The van der Waals surface area contributed by atoms with E-state index in [4.69, 9.17) is 20.9 Å². The Kier molecular flexibility index (Phi) is 8.24. The fourth-order valence-corrected chi connectivity index (χ4v) is 3.65. The van der Waals surface area contributed by atoms with E-state index in [0.717, 1.165) is 0 Å². The summed E-state index contributed by atoms with van der Waals surface area (Å²) in [6.45, 7) is -1.64. The summed E-state index contributed by atoms with van der Waals surface area (Å²) < 4.78 is 10.00. The first-order chi connectivity index (χ1) is 14.3. The van der Waals surface area contributed by atoms with E-state index < -0.39 is 97.9 Å². The van der Waals surface area contributed by atoms with E-state index in [-0.39, 0.29) is 6.42 Å². The molecule has 0 aromatic heterocycles. The van der Waals surface area contributed by atoms with Gasteiger partial charge < -0.3 is 61.8 Å². The largest absolute Gasteiger partial charge is 0.394 e. The summed E-state index contributed by atoms with van der Waals surface area (Å²) >= 11 is 0. The van der Waals surface area contributed by atoms with Crippen LogP contribution in [0.15, 0.2) is 0 Å². The molecule has 14 heteroatoms. The van der Waals surface area contributed by atoms with Crippen molar-refractivity contribution in [2.75, 3.05) is 13.2 Å². The van der Waals surface area contributed by atoms with Crippen LogP contribution >= 0.6 is 0 Å². The van der Waals surface area contributed by atoms with Crippen molar-refractivity contribution >= 4 is 11.6 Å². The molecule has 2 rings (SSSR count). The van der Waals surface area contributed by atoms with E-state index in [1.54, 1.807) is 0 Å². The van der Waals surface area contributed by atoms with Gasteiger partial charge in [-0.15, -0.1) is 0 Å². The van der Waals surface area contributed by atoms with Crippen molar-refractivity contribution in [3.05, 3.63) is 0 Å². The zero-order valence-corrected chi connectivity index (χ0v) is 16.5. The number of Topliss-reactive ketones (excluding diaryl/α,β-unsaturated/α-hetero) is 2. The lowest BCUT2D eigenvalue weighted by atomic mass is 9.85. The molecule has 0 aromatic carbocycles. The summed E-state index contributed by atoms with van der Waals surface area (Å²) in [6, 6.07) is -3.48. The number of carbonyl (C=O) groups excluding carboxylic acids is 2. The first kappa shape index (κ1) is 26.1. The van der Waals surface area contributed by atoms with E-state index in [1.165, 1.54) is 0 Å². The number of rotatable bonds is 8. The van der Waals surface area contributed by atoms with Crippen molar-refractivity contribution < 1.29 is 59.9 Å². The Labute approximate surface area is 176 Å². The fourth-order valence-electron chi connectivity index (χ4n) is 3.65. The van der Waals surface area contributed by atoms with Gasteiger partial charge in [0.05, 0.1) is 25.3 Å². The first-order valence-electron chi connectivity index (χ1n) is 9.67. The molecule has 31 heavy (non-hydrogen) atoms. The van der Waals surface area contributed by atoms with Gasteiger partial charge in [0.15, 0.2) is 11.6 Å². The number of carbonyl (C=O) groups is 2. The number of aliphatic hydroxyl groups excluding tert-OH is 6. The van der Waals surface area contributed by atoms with Crippen LogP contribution < -0.4 is 11.5 Å². The monoisotopic (exact) mass is 454 g/mol. The molecular formula is C17H30N2O12. The third-order valence-electron chi connectivity index (χ3n) is 5.73. The van der Waals surface area contributed by atoms with Crippen LogP contribution in [0, 0.1) is 0 Å². The van der Waals surface area contributed by atoms with Crippen LogP contribution in [0.1, 0.15) is 19.3 Å². The lowest BCUT2D eigenvalue weighted by Crippen LogP contribution is -2.71. The second-order valence-electron chi connectivity index (χ2n) is 7.78. The molecule has 0 radical (unpaired) electrons. The topological polar surface area (TPSA) is 266 Å². The Hall–Kier alpha value is -1.14. The van der Waals surface area contributed by atoms with Crippen LogP contribution in [0.2, 0.25) is 0 Å². The Morgan fingerprint density at radius 3 is 1.32 bits per heavy atom. The normalized spacial score (nSPS) is 46.0. The minimum atomic E-state index is -2.74. The van der Waals surface area contributed by atoms with E-state index in [0.29, 0.717) is 0 Å². The molecule has 180 valence electrons. The molecule has 2 aliphatic rings. The van der Waals surface area contributed by atoms with E-state index in [9.17, 15) is 50.4 Å². The molecule has 10 atom stereocenters. The molecule has 0 amide bonds. The summed E-state index contributed by atoms with van der Waals surface area (Å²) in [5, 5.41) is 78.7. The summed E-state index contributed by atoms with van der Waals surface area (Å²) in [5.41, 5.74) is 11.2. The summed E-state index contributed by atoms with van der Waals surface area (Å²) in [7, 11) is 0. The lowest BCUT2D eigenvalue weighted by molar-refractivity contribution is -0.298. The molecule has 0 bridgehead atoms. The van der Waals surface area contributed by atoms with Crippen molar-refractivity contribution in [3.63, 3.8) is 0 Å². The predicted octanol–water partition coefficient (Wildman–Crippen LogP) is -6.45. The molecule has 14 nitrogen and oxygen atoms in total. The Balaban J connectivity index is 2.02. The molecule has 2 fully saturated rings. The summed E-state index contributed by atoms with van der Waals surface area (Å²) in [5.74, 6) is -7.60. The van der Waals surface area contributed by atoms with Gasteiger partial charge in [0.2, 0.25) is 11.6 Å². The quantitative estimate of drug-likeness (QED) is 0.163. The Morgan fingerprint density at radius 1 is 0.710 bits per heavy atom. The van der Waals surface area contributed by atoms with Gasteiger partial charge in [-0.2, -0.15) is 0 Å². The lowest BCUT2D eigenvalue weighted by Gasteiger charge is -2.45. The van der Waals surface area contributed by atoms with E-state index in [1.807, 2.05) is 0 Å². The molecule has 2 heterocycles. The van der Waals surface area contributed by atoms with E-state index >= 15 is 0 Å². The molecule has 0 saturated carbocycles. The minimum absolute atomic E-state index is 0.278. The number of hydrogen-bond donors (Lipinski definition) is 10. The molecule has 0 spiro atoms. The average Bonchev–Trinajstić information content (AvgIpc) is 2.75. The van der Waals surface area contributed by atoms with Crippen LogP contribution in [-0.2, 0) is 19.1 Å². The Morgan fingerprint density at radius 2 is 1.03 bits per heavy atom. The maximum absolute atomic E-state index is 12.5. The number of hydrogen-bond acceptors (Lipinski definition) is 14. The van der Waals surface area contributed by atoms with Crippen LogP contribution in [0.4, 0.5) is 0 Å². The molecule has 0 unspecified atom stereocenters. The van der Waals surface area contributed by atoms with Crippen molar-refractivity contribution in [2.45, 2.75) is 79.5 Å². The number of ether oxygens (including phenoxy) is 2. The highest BCUT2D eigenvalue weighted by atomic mass is 16.7. The predicted molar refractivity (Wildman–Crippen MR) is 97.7 cm³/mol. The third-order valence-corrected chi connectivity index (χ3v) is 5.73. The standard InChI is InChI=1S/C17H30N2O12/c18-14-12(26)10(24)6(4-20)30-16(14,28)8(22)2-1-3-9(23)17(29)15(19)13(27)11(25)7(5-21)31-17/h6-7,10-15,20-21,24-29H,1-5,18-19H2/t6-,7-,10-,11-,12+,13+,14-,15-,16+,17+/m1/s1. The van der Waals surface area contributed by atoms with Crippen molar-refractivity contribution in [3.8, 4) is 0 Å². The van der Waals surface area contributed by atoms with Crippen molar-refractivity contribution in [1.82, 2.24) is 0 Å². The van der Waals surface area contributed by atoms with Crippen molar-refractivity contribution in [2.24, 2.45) is 11.5 Å². The summed E-state index contributed by atoms with van der Waals surface area (Å²) in [4.78, 5) is 24.9. The van der Waals surface area contributed by atoms with Crippen LogP contribution in [0.5, 0.6) is 0 Å². The first-order valence-corrected chi connectivity index (χ1v) is 9.67. The van der Waals surface area contributed by atoms with Crippen molar-refractivity contribution in [1.29, 1.82) is 0 Å². The SMILES string of the molecule is N[C@@H]1[C@@H](O)[C@H](O)[C@@H](CO)O[C@@]1(O)C(=O)CCCC(=O)[C@]1(O)O[C@H](CO)[C@@H](O)[C@H](O)[C@H]1N. The van der Waals surface area contributed by atoms with Crippen LogP contribution in [0.25, 0.3) is 0 Å². The number of nitrogens with two attached hydrogens (primary N) is 2. The highest BCUT2D eigenvalue weighted by molar-refractivity contribution is 5.89. The zero-order valence-electron chi connectivity index (χ0n) is 16.5. The minimum Gasteiger partial charge on any atom is -0.394 e. The summed E-state index contributed by atoms with van der Waals surface area (Å²) in [6.07, 6.45) is -11.2. The smallest absolute Gasteiger partial charge is 0.245 e. The third kappa shape index (κ3) is 4.66. The van der Waals surface area contributed by atoms with Gasteiger partial charge in [0, 0.05) is 12.8 Å². The molecule has 2 saturated heterocycles. The maximum Gasteiger partial charge on any atom is 0.245 e. The second kappa shape index (κ2) is 9.78. The van der Waals surface area contributed by atoms with Gasteiger partial charge in [-0.1, -0.05) is 0 Å². The molecule has 12 N–H and O–H groups in total. The molecular weight excluding hydrogens is 424 g/mol. The number of aliphatic hydroxyl groups is 8. The average molecular weight is 454 g/mol. The highest BCUT2D eigenvalue weighted by Crippen LogP contribution is 2.31. The fraction of sp³-hybridized carbons (Fsp3) is 0.882. The van der Waals surface area contributed by atoms with Gasteiger partial charge in [-0.25, -0.2) is 0 Å². The van der Waals surface area contributed by atoms with Gasteiger partial charge in [-0.3, -0.25) is 9.59 Å². The van der Waals surface area contributed by atoms with Gasteiger partial charge in [0.1, 0.15) is 36.6 Å². The second-order valence-corrected chi connectivity index (χ2v) is 7.78. The van der Waals surface area contributed by atoms with Gasteiger partial charge in [-0.05, 0) is 6.42 Å². The van der Waals surface area contributed by atoms with E-state index in [2.05, 4.69) is 0 Å². The number of ketones is 2. The molecule has 0 aromatic rings. The highest BCUT2D eigenvalue weighted by Gasteiger charge is 2.57. The van der Waals surface area contributed by atoms with Crippen LogP contribution in [0.3, 0.4) is 0 Å². The molecule has 0 aliphatic carbocycles. The van der Waals surface area contributed by atoms with Crippen LogP contribution in [-0.4, -0.2) is 126 Å². The van der Waals surface area contributed by atoms with Gasteiger partial charge >= 0.3 is 0 Å². The van der Waals surface area contributed by atoms with Gasteiger partial charge in [0.25, 0.3) is 0 Å².